The molecule has 31 heavy (non-hydrogen) atoms. The van der Waals surface area contributed by atoms with Crippen LogP contribution in [0.1, 0.15) is 31.4 Å². The number of carbonyl (C=O) groups excluding carboxylic acids is 1. The summed E-state index contributed by atoms with van der Waals surface area (Å²) in [6.07, 6.45) is 0.925. The highest BCUT2D eigenvalue weighted by atomic mass is 79.9. The minimum atomic E-state index is -3.76. The van der Waals surface area contributed by atoms with Crippen molar-refractivity contribution in [3.63, 3.8) is 0 Å². The van der Waals surface area contributed by atoms with Gasteiger partial charge in [0, 0.05) is 29.5 Å². The Labute approximate surface area is 191 Å². The Bertz CT molecular complexity index is 1020. The second kappa shape index (κ2) is 10.0. The summed E-state index contributed by atoms with van der Waals surface area (Å²) < 4.78 is 39.2. The van der Waals surface area contributed by atoms with Gasteiger partial charge in [-0.15, -0.1) is 0 Å². The van der Waals surface area contributed by atoms with Gasteiger partial charge in [0.25, 0.3) is 0 Å². The maximum atomic E-state index is 13.2. The van der Waals surface area contributed by atoms with E-state index in [-0.39, 0.29) is 41.6 Å². The van der Waals surface area contributed by atoms with Crippen LogP contribution in [-0.4, -0.2) is 45.9 Å². The lowest BCUT2D eigenvalue weighted by molar-refractivity contribution is -0.126. The number of sulfonamides is 1. The van der Waals surface area contributed by atoms with Gasteiger partial charge >= 0.3 is 0 Å². The fourth-order valence-electron chi connectivity index (χ4n) is 3.65. The molecule has 0 bridgehead atoms. The van der Waals surface area contributed by atoms with Crippen molar-refractivity contribution in [2.75, 3.05) is 27.3 Å². The van der Waals surface area contributed by atoms with Crippen LogP contribution in [0.25, 0.3) is 0 Å². The Balaban J connectivity index is 1.64. The number of hydrogen-bond acceptors (Lipinski definition) is 5. The summed E-state index contributed by atoms with van der Waals surface area (Å²) in [7, 11) is -0.846. The van der Waals surface area contributed by atoms with E-state index < -0.39 is 10.0 Å². The largest absolute Gasteiger partial charge is 0.497 e. The lowest BCUT2D eigenvalue weighted by atomic mass is 9.96. The Kier molecular flexibility index (Phi) is 7.61. The van der Waals surface area contributed by atoms with E-state index in [4.69, 9.17) is 9.47 Å². The van der Waals surface area contributed by atoms with E-state index in [9.17, 15) is 13.2 Å². The van der Waals surface area contributed by atoms with Crippen LogP contribution in [0.5, 0.6) is 11.5 Å². The number of halogens is 1. The molecule has 0 saturated carbocycles. The predicted octanol–water partition coefficient (Wildman–Crippen LogP) is 3.74. The molecule has 0 aliphatic carbocycles. The highest BCUT2D eigenvalue weighted by molar-refractivity contribution is 9.10. The zero-order valence-electron chi connectivity index (χ0n) is 17.8. The normalized spacial score (nSPS) is 16.5. The van der Waals surface area contributed by atoms with E-state index in [1.807, 2.05) is 31.2 Å². The molecule has 2 aromatic rings. The number of nitrogens with one attached hydrogen (secondary N) is 1. The van der Waals surface area contributed by atoms with E-state index in [2.05, 4.69) is 21.2 Å². The number of ether oxygens (including phenoxy) is 2. The van der Waals surface area contributed by atoms with Crippen LogP contribution in [0, 0.1) is 5.92 Å². The number of hydrogen-bond donors (Lipinski definition) is 1. The fraction of sp³-hybridized carbons (Fsp3) is 0.409. The van der Waals surface area contributed by atoms with Crippen molar-refractivity contribution >= 4 is 31.9 Å². The number of nitrogens with zero attached hydrogens (tertiary/aromatic N) is 1. The molecule has 168 valence electrons. The standard InChI is InChI=1S/C22H27BrN2O5S/c1-15(16-4-6-18(23)7-5-16)24-22(26)17-10-12-25(13-11-17)31(27,28)21-14-19(29-2)8-9-20(21)30-3/h4-9,14-15,17H,10-13H2,1-3H3,(H,24,26). The van der Waals surface area contributed by atoms with Gasteiger partial charge in [-0.1, -0.05) is 28.1 Å². The zero-order valence-corrected chi connectivity index (χ0v) is 20.2. The molecule has 1 fully saturated rings. The molecule has 1 aliphatic heterocycles. The molecule has 0 spiro atoms. The third-order valence-corrected chi connectivity index (χ3v) is 7.99. The van der Waals surface area contributed by atoms with E-state index in [0.29, 0.717) is 18.6 Å². The first kappa shape index (κ1) is 23.6. The summed E-state index contributed by atoms with van der Waals surface area (Å²) in [5.74, 6) is 0.433. The molecular weight excluding hydrogens is 484 g/mol. The van der Waals surface area contributed by atoms with E-state index in [1.54, 1.807) is 12.1 Å². The second-order valence-corrected chi connectivity index (χ2v) is 10.3. The van der Waals surface area contributed by atoms with Gasteiger partial charge in [0.2, 0.25) is 15.9 Å². The van der Waals surface area contributed by atoms with Crippen LogP contribution in [0.3, 0.4) is 0 Å². The topological polar surface area (TPSA) is 84.9 Å². The first-order valence-electron chi connectivity index (χ1n) is 10.0. The van der Waals surface area contributed by atoms with Crippen molar-refractivity contribution in [3.05, 3.63) is 52.5 Å². The molecule has 1 atom stereocenters. The molecule has 9 heteroatoms. The van der Waals surface area contributed by atoms with Gasteiger partial charge in [-0.25, -0.2) is 8.42 Å². The third-order valence-electron chi connectivity index (χ3n) is 5.54. The molecule has 1 amide bonds. The van der Waals surface area contributed by atoms with Gasteiger partial charge in [-0.3, -0.25) is 4.79 Å². The molecule has 3 rings (SSSR count). The summed E-state index contributed by atoms with van der Waals surface area (Å²) in [4.78, 5) is 12.8. The first-order valence-corrected chi connectivity index (χ1v) is 12.3. The van der Waals surface area contributed by atoms with E-state index in [1.165, 1.54) is 24.6 Å². The lowest BCUT2D eigenvalue weighted by Gasteiger charge is -2.31. The van der Waals surface area contributed by atoms with Crippen LogP contribution in [0.2, 0.25) is 0 Å². The summed E-state index contributed by atoms with van der Waals surface area (Å²) in [5, 5.41) is 3.05. The summed E-state index contributed by atoms with van der Waals surface area (Å²) >= 11 is 3.41. The second-order valence-electron chi connectivity index (χ2n) is 7.48. The first-order chi connectivity index (χ1) is 14.8. The summed E-state index contributed by atoms with van der Waals surface area (Å²) in [5.41, 5.74) is 1.02. The van der Waals surface area contributed by atoms with Crippen molar-refractivity contribution in [1.82, 2.24) is 9.62 Å². The molecule has 0 radical (unpaired) electrons. The summed E-state index contributed by atoms with van der Waals surface area (Å²) in [6, 6.07) is 12.4. The highest BCUT2D eigenvalue weighted by Crippen LogP contribution is 2.32. The number of methoxy groups -OCH3 is 2. The molecule has 0 aromatic heterocycles. The van der Waals surface area contributed by atoms with Gasteiger partial charge in [0.1, 0.15) is 16.4 Å². The quantitative estimate of drug-likeness (QED) is 0.613. The number of benzene rings is 2. The van der Waals surface area contributed by atoms with Gasteiger partial charge in [-0.2, -0.15) is 4.31 Å². The molecule has 1 aliphatic rings. The van der Waals surface area contributed by atoms with Gasteiger partial charge in [0.15, 0.2) is 0 Å². The van der Waals surface area contributed by atoms with Crippen LogP contribution in [0.15, 0.2) is 51.8 Å². The van der Waals surface area contributed by atoms with Crippen molar-refractivity contribution in [2.45, 2.75) is 30.7 Å². The maximum Gasteiger partial charge on any atom is 0.246 e. The number of amides is 1. The minimum Gasteiger partial charge on any atom is -0.497 e. The smallest absolute Gasteiger partial charge is 0.246 e. The molecular formula is C22H27BrN2O5S. The van der Waals surface area contributed by atoms with Crippen LogP contribution in [0.4, 0.5) is 0 Å². The van der Waals surface area contributed by atoms with Gasteiger partial charge in [0.05, 0.1) is 20.3 Å². The van der Waals surface area contributed by atoms with Crippen LogP contribution in [-0.2, 0) is 14.8 Å². The maximum absolute atomic E-state index is 13.2. The Morgan fingerprint density at radius 2 is 1.74 bits per heavy atom. The summed E-state index contributed by atoms with van der Waals surface area (Å²) in [6.45, 7) is 2.48. The Morgan fingerprint density at radius 3 is 2.32 bits per heavy atom. The zero-order chi connectivity index (χ0) is 22.6. The van der Waals surface area contributed by atoms with E-state index in [0.717, 1.165) is 10.0 Å². The van der Waals surface area contributed by atoms with Crippen molar-refractivity contribution < 1.29 is 22.7 Å². The molecule has 1 saturated heterocycles. The van der Waals surface area contributed by atoms with Crippen molar-refractivity contribution in [3.8, 4) is 11.5 Å². The average molecular weight is 511 g/mol. The fourth-order valence-corrected chi connectivity index (χ4v) is 5.55. The monoisotopic (exact) mass is 510 g/mol. The minimum absolute atomic E-state index is 0.0496. The molecule has 7 nitrogen and oxygen atoms in total. The number of piperidine rings is 1. The average Bonchev–Trinajstić information content (AvgIpc) is 2.79. The van der Waals surface area contributed by atoms with Crippen molar-refractivity contribution in [1.29, 1.82) is 0 Å². The van der Waals surface area contributed by atoms with Crippen molar-refractivity contribution in [2.24, 2.45) is 5.92 Å². The van der Waals surface area contributed by atoms with Crippen LogP contribution < -0.4 is 14.8 Å². The molecule has 2 aromatic carbocycles. The number of rotatable bonds is 7. The predicted molar refractivity (Wildman–Crippen MR) is 122 cm³/mol. The highest BCUT2D eigenvalue weighted by Gasteiger charge is 2.34. The van der Waals surface area contributed by atoms with Crippen LogP contribution >= 0.6 is 15.9 Å². The Morgan fingerprint density at radius 1 is 1.10 bits per heavy atom. The SMILES string of the molecule is COc1ccc(OC)c(S(=O)(=O)N2CCC(C(=O)NC(C)c3ccc(Br)cc3)CC2)c1. The lowest BCUT2D eigenvalue weighted by Crippen LogP contribution is -2.43. The molecule has 1 unspecified atom stereocenters. The van der Waals surface area contributed by atoms with Gasteiger partial charge < -0.3 is 14.8 Å². The number of carbonyl (C=O) groups is 1. The molecule has 1 heterocycles. The van der Waals surface area contributed by atoms with E-state index >= 15 is 0 Å². The van der Waals surface area contributed by atoms with Gasteiger partial charge in [-0.05, 0) is 49.6 Å². The third kappa shape index (κ3) is 5.39. The molecule has 1 N–H and O–H groups in total. The Hall–Kier alpha value is -2.10.